The molecule has 0 aliphatic carbocycles. The highest BCUT2D eigenvalue weighted by atomic mass is 16.5. The first-order valence-electron chi connectivity index (χ1n) is 11.4. The Balaban J connectivity index is 1.44. The van der Waals surface area contributed by atoms with Gasteiger partial charge in [0.2, 0.25) is 5.76 Å². The van der Waals surface area contributed by atoms with E-state index >= 15 is 0 Å². The van der Waals surface area contributed by atoms with E-state index in [2.05, 4.69) is 45.1 Å². The van der Waals surface area contributed by atoms with E-state index < -0.39 is 5.97 Å². The van der Waals surface area contributed by atoms with Crippen LogP contribution in [0.3, 0.4) is 0 Å². The predicted octanol–water partition coefficient (Wildman–Crippen LogP) is 5.74. The standard InChI is InChI=1S/C28H32N2O5/c1-27(2,3)19-28(4,5)21-10-14-22(15-11-21)34-18-25(31)30-29-17-20-8-12-23(13-9-20)35-26(32)24-7-6-16-33-24/h6-17H,18-19H2,1-5H3,(H,30,31)/b29-17-. The molecule has 3 rings (SSSR count). The van der Waals surface area contributed by atoms with Crippen LogP contribution in [0.2, 0.25) is 0 Å². The van der Waals surface area contributed by atoms with Crippen LogP contribution in [-0.4, -0.2) is 24.7 Å². The molecule has 1 amide bonds. The van der Waals surface area contributed by atoms with Crippen molar-refractivity contribution in [3.05, 3.63) is 83.8 Å². The molecule has 0 atom stereocenters. The van der Waals surface area contributed by atoms with E-state index in [4.69, 9.17) is 13.9 Å². The summed E-state index contributed by atoms with van der Waals surface area (Å²) in [6.07, 6.45) is 3.95. The minimum atomic E-state index is -0.577. The van der Waals surface area contributed by atoms with Crippen molar-refractivity contribution >= 4 is 18.1 Å². The normalized spacial score (nSPS) is 11.9. The van der Waals surface area contributed by atoms with Gasteiger partial charge in [-0.1, -0.05) is 46.8 Å². The van der Waals surface area contributed by atoms with Gasteiger partial charge in [-0.2, -0.15) is 5.10 Å². The van der Waals surface area contributed by atoms with Gasteiger partial charge in [-0.15, -0.1) is 0 Å². The summed E-state index contributed by atoms with van der Waals surface area (Å²) in [6.45, 7) is 11.0. The van der Waals surface area contributed by atoms with Gasteiger partial charge >= 0.3 is 5.97 Å². The quantitative estimate of drug-likeness (QED) is 0.184. The van der Waals surface area contributed by atoms with Crippen LogP contribution in [0, 0.1) is 5.41 Å². The number of nitrogens with zero attached hydrogens (tertiary/aromatic N) is 1. The van der Waals surface area contributed by atoms with Crippen molar-refractivity contribution in [1.29, 1.82) is 0 Å². The zero-order valence-corrected chi connectivity index (χ0v) is 20.8. The molecular formula is C28H32N2O5. The molecule has 0 aliphatic heterocycles. The average molecular weight is 477 g/mol. The minimum absolute atomic E-state index is 0.0438. The topological polar surface area (TPSA) is 90.1 Å². The summed E-state index contributed by atoms with van der Waals surface area (Å²) in [5, 5.41) is 3.94. The van der Waals surface area contributed by atoms with Crippen molar-refractivity contribution in [2.45, 2.75) is 46.5 Å². The lowest BCUT2D eigenvalue weighted by molar-refractivity contribution is -0.123. The number of hydrogen-bond donors (Lipinski definition) is 1. The summed E-state index contributed by atoms with van der Waals surface area (Å²) in [7, 11) is 0. The number of ether oxygens (including phenoxy) is 2. The Kier molecular flexibility index (Phi) is 8.12. The highest BCUT2D eigenvalue weighted by Gasteiger charge is 2.27. The molecule has 0 radical (unpaired) electrons. The van der Waals surface area contributed by atoms with Crippen LogP contribution in [0.15, 0.2) is 76.4 Å². The SMILES string of the molecule is CC(C)(C)CC(C)(C)c1ccc(OCC(=O)N/N=C\c2ccc(OC(=O)c3ccco3)cc2)cc1. The first-order valence-corrected chi connectivity index (χ1v) is 11.4. The third-order valence-electron chi connectivity index (χ3n) is 5.19. The Morgan fingerprint density at radius 3 is 2.20 bits per heavy atom. The molecule has 184 valence electrons. The molecule has 0 spiro atoms. The molecule has 0 bridgehead atoms. The lowest BCUT2D eigenvalue weighted by atomic mass is 9.72. The number of rotatable bonds is 9. The molecule has 7 heteroatoms. The second-order valence-corrected chi connectivity index (χ2v) is 10.2. The number of amides is 1. The second kappa shape index (κ2) is 11.0. The summed E-state index contributed by atoms with van der Waals surface area (Å²) in [5.74, 6) is 0.170. The molecule has 2 aromatic carbocycles. The molecule has 1 N–H and O–H groups in total. The van der Waals surface area contributed by atoms with E-state index in [9.17, 15) is 9.59 Å². The van der Waals surface area contributed by atoms with E-state index in [0.717, 1.165) is 12.0 Å². The number of nitrogens with one attached hydrogen (secondary N) is 1. The maximum atomic E-state index is 12.1. The van der Waals surface area contributed by atoms with E-state index in [-0.39, 0.29) is 29.1 Å². The fourth-order valence-corrected chi connectivity index (χ4v) is 3.96. The van der Waals surface area contributed by atoms with Gasteiger partial charge < -0.3 is 13.9 Å². The van der Waals surface area contributed by atoms with Gasteiger partial charge in [-0.25, -0.2) is 10.2 Å². The summed E-state index contributed by atoms with van der Waals surface area (Å²) in [5.41, 5.74) is 4.66. The lowest BCUT2D eigenvalue weighted by Crippen LogP contribution is -2.25. The van der Waals surface area contributed by atoms with E-state index in [1.54, 1.807) is 30.3 Å². The van der Waals surface area contributed by atoms with Crippen LogP contribution in [0.1, 0.15) is 62.7 Å². The molecule has 7 nitrogen and oxygen atoms in total. The molecular weight excluding hydrogens is 444 g/mol. The van der Waals surface area contributed by atoms with Crippen molar-refractivity contribution < 1.29 is 23.5 Å². The van der Waals surface area contributed by atoms with Crippen molar-refractivity contribution in [2.75, 3.05) is 6.61 Å². The van der Waals surface area contributed by atoms with Crippen LogP contribution < -0.4 is 14.9 Å². The number of carbonyl (C=O) groups excluding carboxylic acids is 2. The van der Waals surface area contributed by atoms with Crippen molar-refractivity contribution in [2.24, 2.45) is 10.5 Å². The predicted molar refractivity (Wildman–Crippen MR) is 135 cm³/mol. The molecule has 3 aromatic rings. The van der Waals surface area contributed by atoms with Crippen LogP contribution in [0.25, 0.3) is 0 Å². The lowest BCUT2D eigenvalue weighted by Gasteiger charge is -2.33. The number of esters is 1. The van der Waals surface area contributed by atoms with Crippen molar-refractivity contribution in [3.63, 3.8) is 0 Å². The van der Waals surface area contributed by atoms with E-state index in [1.807, 2.05) is 24.3 Å². The number of hydrazone groups is 1. The Morgan fingerprint density at radius 1 is 0.943 bits per heavy atom. The molecule has 0 saturated carbocycles. The van der Waals surface area contributed by atoms with E-state index in [1.165, 1.54) is 24.1 Å². The monoisotopic (exact) mass is 476 g/mol. The fraction of sp³-hybridized carbons (Fsp3) is 0.321. The number of carbonyl (C=O) groups is 2. The number of hydrogen-bond acceptors (Lipinski definition) is 6. The van der Waals surface area contributed by atoms with Gasteiger partial charge in [0.15, 0.2) is 6.61 Å². The average Bonchev–Trinajstić information content (AvgIpc) is 3.33. The third kappa shape index (κ3) is 8.14. The van der Waals surface area contributed by atoms with Crippen LogP contribution in [0.4, 0.5) is 0 Å². The fourth-order valence-electron chi connectivity index (χ4n) is 3.96. The van der Waals surface area contributed by atoms with Gasteiger partial charge in [0, 0.05) is 0 Å². The Labute approximate surface area is 206 Å². The maximum absolute atomic E-state index is 12.1. The van der Waals surface area contributed by atoms with Crippen molar-refractivity contribution in [1.82, 2.24) is 5.43 Å². The largest absolute Gasteiger partial charge is 0.484 e. The van der Waals surface area contributed by atoms with Gasteiger partial charge in [-0.05, 0) is 76.9 Å². The minimum Gasteiger partial charge on any atom is -0.484 e. The van der Waals surface area contributed by atoms with Crippen LogP contribution >= 0.6 is 0 Å². The first-order chi connectivity index (χ1) is 16.5. The number of benzene rings is 2. The van der Waals surface area contributed by atoms with Gasteiger partial charge in [-0.3, -0.25) is 4.79 Å². The molecule has 0 unspecified atom stereocenters. The Bertz CT molecular complexity index is 1140. The Hall–Kier alpha value is -3.87. The summed E-state index contributed by atoms with van der Waals surface area (Å²) < 4.78 is 15.8. The number of furan rings is 1. The van der Waals surface area contributed by atoms with Crippen LogP contribution in [-0.2, 0) is 10.2 Å². The molecule has 0 aliphatic rings. The zero-order valence-electron chi connectivity index (χ0n) is 20.8. The molecule has 1 heterocycles. The molecule has 35 heavy (non-hydrogen) atoms. The van der Waals surface area contributed by atoms with Gasteiger partial charge in [0.05, 0.1) is 12.5 Å². The third-order valence-corrected chi connectivity index (χ3v) is 5.19. The Morgan fingerprint density at radius 2 is 1.60 bits per heavy atom. The molecule has 1 aromatic heterocycles. The van der Waals surface area contributed by atoms with Gasteiger partial charge in [0.25, 0.3) is 5.91 Å². The van der Waals surface area contributed by atoms with Crippen LogP contribution in [0.5, 0.6) is 11.5 Å². The summed E-state index contributed by atoms with van der Waals surface area (Å²) in [4.78, 5) is 23.9. The van der Waals surface area contributed by atoms with Crippen molar-refractivity contribution in [3.8, 4) is 11.5 Å². The molecule has 0 saturated heterocycles. The smallest absolute Gasteiger partial charge is 0.379 e. The highest BCUT2D eigenvalue weighted by molar-refractivity contribution is 5.88. The summed E-state index contributed by atoms with van der Waals surface area (Å²) in [6, 6.07) is 17.7. The second-order valence-electron chi connectivity index (χ2n) is 10.2. The van der Waals surface area contributed by atoms with Gasteiger partial charge in [0.1, 0.15) is 11.5 Å². The molecule has 0 fully saturated rings. The van der Waals surface area contributed by atoms with E-state index in [0.29, 0.717) is 11.5 Å². The zero-order chi connectivity index (χ0) is 25.5. The maximum Gasteiger partial charge on any atom is 0.379 e. The first kappa shape index (κ1) is 25.7. The summed E-state index contributed by atoms with van der Waals surface area (Å²) >= 11 is 0. The highest BCUT2D eigenvalue weighted by Crippen LogP contribution is 2.36.